The van der Waals surface area contributed by atoms with Gasteiger partial charge >= 0.3 is 12.3 Å². The van der Waals surface area contributed by atoms with Crippen LogP contribution in [-0.2, 0) is 9.47 Å². The number of methoxy groups -OCH3 is 1. The molecule has 1 aliphatic rings. The number of aryl methyl sites for hydroxylation is 2. The number of halogens is 3. The van der Waals surface area contributed by atoms with Gasteiger partial charge in [-0.3, -0.25) is 4.79 Å². The van der Waals surface area contributed by atoms with Crippen LogP contribution in [0.1, 0.15) is 46.0 Å². The third-order valence-corrected chi connectivity index (χ3v) is 6.12. The Morgan fingerprint density at radius 3 is 2.36 bits per heavy atom. The summed E-state index contributed by atoms with van der Waals surface area (Å²) in [6.45, 7) is 7.69. The van der Waals surface area contributed by atoms with Crippen LogP contribution in [0, 0.1) is 13.8 Å². The van der Waals surface area contributed by atoms with Gasteiger partial charge in [0.25, 0.3) is 5.91 Å². The molecule has 208 valence electrons. The van der Waals surface area contributed by atoms with Gasteiger partial charge in [-0.25, -0.2) is 4.79 Å². The van der Waals surface area contributed by atoms with Crippen LogP contribution in [-0.4, -0.2) is 60.7 Å². The zero-order valence-corrected chi connectivity index (χ0v) is 22.0. The first-order valence-electron chi connectivity index (χ1n) is 12.1. The molecule has 2 aromatic carbocycles. The lowest BCUT2D eigenvalue weighted by atomic mass is 10.00. The second-order valence-corrected chi connectivity index (χ2v) is 9.34. The molecular weight excluding hydrogens is 519 g/mol. The maximum atomic E-state index is 13.3. The predicted octanol–water partition coefficient (Wildman–Crippen LogP) is 5.64. The predicted molar refractivity (Wildman–Crippen MR) is 135 cm³/mol. The number of aromatic nitrogens is 1. The number of anilines is 2. The Morgan fingerprint density at radius 1 is 1.08 bits per heavy atom. The summed E-state index contributed by atoms with van der Waals surface area (Å²) in [5.74, 6) is -1.19. The van der Waals surface area contributed by atoms with Crippen LogP contribution in [0.4, 0.5) is 24.5 Å². The summed E-state index contributed by atoms with van der Waals surface area (Å²) in [6, 6.07) is 8.39. The lowest BCUT2D eigenvalue weighted by Gasteiger charge is -2.35. The van der Waals surface area contributed by atoms with Crippen LogP contribution in [0.3, 0.4) is 0 Å². The van der Waals surface area contributed by atoms with Crippen molar-refractivity contribution in [3.05, 3.63) is 59.0 Å². The molecule has 0 saturated carbocycles. The third kappa shape index (κ3) is 6.51. The van der Waals surface area contributed by atoms with Gasteiger partial charge in [0.05, 0.1) is 36.3 Å². The van der Waals surface area contributed by atoms with Crippen LogP contribution < -0.4 is 10.1 Å². The minimum absolute atomic E-state index is 0.0208. The molecule has 4 rings (SSSR count). The molecule has 0 aliphatic carbocycles. The fourth-order valence-electron chi connectivity index (χ4n) is 4.65. The van der Waals surface area contributed by atoms with Crippen molar-refractivity contribution in [2.24, 2.45) is 0 Å². The fraction of sp³-hybridized carbons (Fsp3) is 0.370. The van der Waals surface area contributed by atoms with E-state index in [0.717, 1.165) is 12.1 Å². The molecule has 12 heteroatoms. The summed E-state index contributed by atoms with van der Waals surface area (Å²) in [5.41, 5.74) is 2.40. The normalized spacial score (nSPS) is 17.6. The molecule has 0 bridgehead atoms. The van der Waals surface area contributed by atoms with Gasteiger partial charge in [0.15, 0.2) is 0 Å². The second kappa shape index (κ2) is 11.0. The maximum absolute atomic E-state index is 13.3. The number of hydrogen-bond donors (Lipinski definition) is 1. The fourth-order valence-corrected chi connectivity index (χ4v) is 4.65. The molecular formula is C27H28F3N3O6. The van der Waals surface area contributed by atoms with Crippen molar-refractivity contribution in [2.75, 3.05) is 25.5 Å². The summed E-state index contributed by atoms with van der Waals surface area (Å²) in [7, 11) is 1.22. The molecule has 1 amide bonds. The summed E-state index contributed by atoms with van der Waals surface area (Å²) in [4.78, 5) is 27.5. The van der Waals surface area contributed by atoms with Gasteiger partial charge in [-0.2, -0.15) is 0 Å². The van der Waals surface area contributed by atoms with Gasteiger partial charge in [0.2, 0.25) is 0 Å². The molecule has 2 heterocycles. The summed E-state index contributed by atoms with van der Waals surface area (Å²) < 4.78 is 59.3. The Labute approximate surface area is 222 Å². The van der Waals surface area contributed by atoms with Gasteiger partial charge in [0.1, 0.15) is 11.5 Å². The molecule has 1 aromatic heterocycles. The van der Waals surface area contributed by atoms with Crippen LogP contribution in [0.5, 0.6) is 5.75 Å². The van der Waals surface area contributed by atoms with E-state index in [1.54, 1.807) is 32.0 Å². The Kier molecular flexibility index (Phi) is 7.86. The highest BCUT2D eigenvalue weighted by atomic mass is 19.4. The zero-order valence-electron chi connectivity index (χ0n) is 22.0. The molecule has 39 heavy (non-hydrogen) atoms. The Bertz CT molecular complexity index is 1360. The number of nitrogens with zero attached hydrogens (tertiary/aromatic N) is 2. The standard InChI is InChI=1S/C27H28F3N3O6/c1-14-12-33(13-15(2)37-14)25(34)19-8-20(11-21(9-19)38-27(28,29)30)31-23-7-6-18(10-22(23)26(35)36-5)24-16(3)32-39-17(24)4/h6-11,14-15,31H,12-13H2,1-5H3/t14-,15+. The van der Waals surface area contributed by atoms with E-state index >= 15 is 0 Å². The van der Waals surface area contributed by atoms with Crippen molar-refractivity contribution in [1.82, 2.24) is 10.1 Å². The Hall–Kier alpha value is -4.06. The van der Waals surface area contributed by atoms with Gasteiger partial charge in [-0.15, -0.1) is 13.2 Å². The van der Waals surface area contributed by atoms with Crippen LogP contribution in [0.15, 0.2) is 40.9 Å². The molecule has 0 radical (unpaired) electrons. The highest BCUT2D eigenvalue weighted by Gasteiger charge is 2.32. The molecule has 0 unspecified atom stereocenters. The highest BCUT2D eigenvalue weighted by Crippen LogP contribution is 2.34. The number of hydrogen-bond acceptors (Lipinski definition) is 8. The molecule has 9 nitrogen and oxygen atoms in total. The number of alkyl halides is 3. The smallest absolute Gasteiger partial charge is 0.465 e. The number of morpholine rings is 1. The first kappa shape index (κ1) is 28.0. The van der Waals surface area contributed by atoms with Crippen molar-refractivity contribution in [1.29, 1.82) is 0 Å². The SMILES string of the molecule is COC(=O)c1cc(-c2c(C)noc2C)ccc1Nc1cc(OC(F)(F)F)cc(C(=O)N2C[C@@H](C)O[C@@H](C)C2)c1. The molecule has 2 atom stereocenters. The Morgan fingerprint density at radius 2 is 1.77 bits per heavy atom. The van der Waals surface area contributed by atoms with E-state index in [4.69, 9.17) is 14.0 Å². The highest BCUT2D eigenvalue weighted by molar-refractivity contribution is 5.99. The zero-order chi connectivity index (χ0) is 28.5. The summed E-state index contributed by atoms with van der Waals surface area (Å²) >= 11 is 0. The van der Waals surface area contributed by atoms with E-state index < -0.39 is 24.0 Å². The van der Waals surface area contributed by atoms with Crippen molar-refractivity contribution < 1.29 is 41.5 Å². The average Bonchev–Trinajstić information content (AvgIpc) is 3.19. The minimum Gasteiger partial charge on any atom is -0.465 e. The first-order chi connectivity index (χ1) is 18.3. The molecule has 1 N–H and O–H groups in total. The van der Waals surface area contributed by atoms with E-state index in [2.05, 4.69) is 15.2 Å². The third-order valence-electron chi connectivity index (χ3n) is 6.12. The summed E-state index contributed by atoms with van der Waals surface area (Å²) in [5, 5.41) is 6.88. The lowest BCUT2D eigenvalue weighted by Crippen LogP contribution is -2.48. The topological polar surface area (TPSA) is 103 Å². The monoisotopic (exact) mass is 547 g/mol. The second-order valence-electron chi connectivity index (χ2n) is 9.34. The van der Waals surface area contributed by atoms with Crippen molar-refractivity contribution in [3.8, 4) is 16.9 Å². The van der Waals surface area contributed by atoms with Gasteiger partial charge < -0.3 is 29.0 Å². The maximum Gasteiger partial charge on any atom is 0.573 e. The first-order valence-corrected chi connectivity index (χ1v) is 12.1. The molecule has 1 aliphatic heterocycles. The number of benzene rings is 2. The van der Waals surface area contributed by atoms with E-state index in [1.165, 1.54) is 18.1 Å². The number of nitrogens with one attached hydrogen (secondary N) is 1. The number of carbonyl (C=O) groups excluding carboxylic acids is 2. The quantitative estimate of drug-likeness (QED) is 0.396. The molecule has 3 aromatic rings. The minimum atomic E-state index is -4.98. The van der Waals surface area contributed by atoms with Gasteiger partial charge in [0, 0.05) is 36.0 Å². The van der Waals surface area contributed by atoms with E-state index in [9.17, 15) is 22.8 Å². The van der Waals surface area contributed by atoms with Crippen LogP contribution in [0.25, 0.3) is 11.1 Å². The van der Waals surface area contributed by atoms with Crippen LogP contribution in [0.2, 0.25) is 0 Å². The van der Waals surface area contributed by atoms with Crippen molar-refractivity contribution in [2.45, 2.75) is 46.3 Å². The van der Waals surface area contributed by atoms with E-state index in [1.807, 2.05) is 13.8 Å². The molecule has 1 fully saturated rings. The number of carbonyl (C=O) groups is 2. The number of amides is 1. The lowest BCUT2D eigenvalue weighted by molar-refractivity contribution is -0.274. The average molecular weight is 548 g/mol. The van der Waals surface area contributed by atoms with Gasteiger partial charge in [-0.1, -0.05) is 11.2 Å². The molecule has 0 spiro atoms. The van der Waals surface area contributed by atoms with Gasteiger partial charge in [-0.05, 0) is 57.5 Å². The Balaban J connectivity index is 1.74. The number of esters is 1. The van der Waals surface area contributed by atoms with E-state index in [-0.39, 0.29) is 47.8 Å². The van der Waals surface area contributed by atoms with Crippen LogP contribution >= 0.6 is 0 Å². The van der Waals surface area contributed by atoms with Crippen molar-refractivity contribution in [3.63, 3.8) is 0 Å². The van der Waals surface area contributed by atoms with E-state index in [0.29, 0.717) is 22.6 Å². The van der Waals surface area contributed by atoms with Crippen molar-refractivity contribution >= 4 is 23.3 Å². The largest absolute Gasteiger partial charge is 0.573 e. The number of rotatable bonds is 6. The molecule has 1 saturated heterocycles. The summed E-state index contributed by atoms with van der Waals surface area (Å²) in [6.07, 6.45) is -5.44. The number of ether oxygens (including phenoxy) is 3.